The van der Waals surface area contributed by atoms with Crippen LogP contribution in [0, 0.1) is 0 Å². The molecular formula is C19H24N4O2. The number of anilines is 1. The molecule has 25 heavy (non-hydrogen) atoms. The maximum Gasteiger partial charge on any atom is 0.330 e. The van der Waals surface area contributed by atoms with Gasteiger partial charge in [0.2, 0.25) is 0 Å². The molecule has 0 spiro atoms. The molecule has 0 aliphatic rings. The number of carbonyl (C=O) groups excluding carboxylic acids is 1. The van der Waals surface area contributed by atoms with E-state index in [1.165, 1.54) is 13.2 Å². The van der Waals surface area contributed by atoms with Crippen LogP contribution >= 0.6 is 0 Å². The van der Waals surface area contributed by atoms with E-state index in [-0.39, 0.29) is 5.97 Å². The summed E-state index contributed by atoms with van der Waals surface area (Å²) in [6, 6.07) is 7.76. The molecule has 2 N–H and O–H groups in total. The highest BCUT2D eigenvalue weighted by molar-refractivity contribution is 5.87. The number of ether oxygens (including phenoxy) is 1. The second-order valence-electron chi connectivity index (χ2n) is 5.41. The van der Waals surface area contributed by atoms with Crippen molar-refractivity contribution in [1.29, 1.82) is 0 Å². The molecule has 1 aromatic heterocycles. The number of nitrogens with zero attached hydrogens (tertiary/aromatic N) is 2. The summed E-state index contributed by atoms with van der Waals surface area (Å²) in [6.45, 7) is 4.89. The van der Waals surface area contributed by atoms with Gasteiger partial charge in [0.1, 0.15) is 5.82 Å². The van der Waals surface area contributed by atoms with E-state index >= 15 is 0 Å². The third kappa shape index (κ3) is 6.35. The molecule has 6 heteroatoms. The summed E-state index contributed by atoms with van der Waals surface area (Å²) < 4.78 is 4.60. The van der Waals surface area contributed by atoms with Crippen LogP contribution in [0.15, 0.2) is 42.7 Å². The minimum absolute atomic E-state index is 0.381. The molecule has 2 aromatic rings. The fourth-order valence-electron chi connectivity index (χ4n) is 2.23. The second-order valence-corrected chi connectivity index (χ2v) is 5.41. The lowest BCUT2D eigenvalue weighted by Gasteiger charge is -2.08. The van der Waals surface area contributed by atoms with Crippen LogP contribution < -0.4 is 10.6 Å². The zero-order chi connectivity index (χ0) is 17.9. The number of methoxy groups -OCH3 is 1. The van der Waals surface area contributed by atoms with Gasteiger partial charge in [-0.05, 0) is 37.2 Å². The van der Waals surface area contributed by atoms with Crippen molar-refractivity contribution in [3.8, 4) is 11.3 Å². The second kappa shape index (κ2) is 10.2. The van der Waals surface area contributed by atoms with Gasteiger partial charge in [-0.1, -0.05) is 25.1 Å². The molecule has 6 nitrogen and oxygen atoms in total. The summed E-state index contributed by atoms with van der Waals surface area (Å²) in [5, 5.41) is 6.57. The molecule has 0 fully saturated rings. The predicted octanol–water partition coefficient (Wildman–Crippen LogP) is 2.74. The molecule has 1 heterocycles. The Balaban J connectivity index is 2.04. The highest BCUT2D eigenvalue weighted by Crippen LogP contribution is 2.19. The number of nitrogens with one attached hydrogen (secondary N) is 2. The monoisotopic (exact) mass is 340 g/mol. The van der Waals surface area contributed by atoms with Gasteiger partial charge in [-0.3, -0.25) is 4.98 Å². The molecule has 0 saturated heterocycles. The van der Waals surface area contributed by atoms with Crippen molar-refractivity contribution in [3.05, 3.63) is 48.3 Å². The normalized spacial score (nSPS) is 10.8. The van der Waals surface area contributed by atoms with Crippen molar-refractivity contribution in [2.24, 2.45) is 0 Å². The SMILES string of the molecule is CCNCCCNc1cncc(-c2cccc(C=CC(=O)OC)c2)n1. The average Bonchev–Trinajstić information content (AvgIpc) is 2.66. The molecule has 0 radical (unpaired) electrons. The maximum atomic E-state index is 11.2. The Morgan fingerprint density at radius 2 is 2.16 bits per heavy atom. The van der Waals surface area contributed by atoms with Gasteiger partial charge in [0.25, 0.3) is 0 Å². The highest BCUT2D eigenvalue weighted by atomic mass is 16.5. The summed E-state index contributed by atoms with van der Waals surface area (Å²) in [5.74, 6) is 0.374. The number of rotatable bonds is 9. The van der Waals surface area contributed by atoms with Crippen molar-refractivity contribution in [3.63, 3.8) is 0 Å². The molecule has 0 bridgehead atoms. The summed E-state index contributed by atoms with van der Waals surface area (Å²) in [5.41, 5.74) is 2.62. The average molecular weight is 340 g/mol. The van der Waals surface area contributed by atoms with Crippen LogP contribution in [0.4, 0.5) is 5.82 Å². The van der Waals surface area contributed by atoms with Gasteiger partial charge in [-0.15, -0.1) is 0 Å². The largest absolute Gasteiger partial charge is 0.466 e. The van der Waals surface area contributed by atoms with Crippen molar-refractivity contribution in [1.82, 2.24) is 15.3 Å². The number of hydrogen-bond acceptors (Lipinski definition) is 6. The Hall–Kier alpha value is -2.73. The first-order chi connectivity index (χ1) is 12.2. The summed E-state index contributed by atoms with van der Waals surface area (Å²) in [6.07, 6.45) is 7.58. The maximum absolute atomic E-state index is 11.2. The highest BCUT2D eigenvalue weighted by Gasteiger charge is 2.03. The molecule has 0 unspecified atom stereocenters. The van der Waals surface area contributed by atoms with E-state index in [0.717, 1.165) is 48.7 Å². The standard InChI is InChI=1S/C19H24N4O2/c1-3-20-10-5-11-22-18-14-21-13-17(23-18)16-7-4-6-15(12-16)8-9-19(24)25-2/h4,6-9,12-14,20H,3,5,10-11H2,1-2H3,(H,22,23). The first-order valence-electron chi connectivity index (χ1n) is 8.36. The predicted molar refractivity (Wildman–Crippen MR) is 100 cm³/mol. The Kier molecular flexibility index (Phi) is 7.59. The smallest absolute Gasteiger partial charge is 0.330 e. The van der Waals surface area contributed by atoms with Crippen molar-refractivity contribution >= 4 is 17.9 Å². The lowest BCUT2D eigenvalue weighted by Crippen LogP contribution is -2.17. The van der Waals surface area contributed by atoms with Crippen LogP contribution in [-0.2, 0) is 9.53 Å². The van der Waals surface area contributed by atoms with Crippen molar-refractivity contribution in [2.45, 2.75) is 13.3 Å². The van der Waals surface area contributed by atoms with Crippen LogP contribution in [0.2, 0.25) is 0 Å². The fraction of sp³-hybridized carbons (Fsp3) is 0.316. The molecule has 1 aromatic carbocycles. The zero-order valence-electron chi connectivity index (χ0n) is 14.7. The van der Waals surface area contributed by atoms with Crippen LogP contribution in [0.25, 0.3) is 17.3 Å². The van der Waals surface area contributed by atoms with Crippen molar-refractivity contribution in [2.75, 3.05) is 32.1 Å². The Morgan fingerprint density at radius 1 is 1.28 bits per heavy atom. The van der Waals surface area contributed by atoms with E-state index in [1.807, 2.05) is 24.3 Å². The minimum Gasteiger partial charge on any atom is -0.466 e. The summed E-state index contributed by atoms with van der Waals surface area (Å²) >= 11 is 0. The van der Waals surface area contributed by atoms with E-state index in [4.69, 9.17) is 0 Å². The number of aromatic nitrogens is 2. The summed E-state index contributed by atoms with van der Waals surface area (Å²) in [4.78, 5) is 20.1. The fourth-order valence-corrected chi connectivity index (χ4v) is 2.23. The van der Waals surface area contributed by atoms with Gasteiger partial charge in [0.05, 0.1) is 25.2 Å². The first kappa shape index (κ1) is 18.6. The lowest BCUT2D eigenvalue weighted by molar-refractivity contribution is -0.134. The molecular weight excluding hydrogens is 316 g/mol. The van der Waals surface area contributed by atoms with E-state index in [0.29, 0.717) is 0 Å². The van der Waals surface area contributed by atoms with Gasteiger partial charge in [-0.2, -0.15) is 0 Å². The topological polar surface area (TPSA) is 76.1 Å². The van der Waals surface area contributed by atoms with E-state index < -0.39 is 0 Å². The van der Waals surface area contributed by atoms with Crippen molar-refractivity contribution < 1.29 is 9.53 Å². The number of carbonyl (C=O) groups is 1. The molecule has 0 amide bonds. The van der Waals surface area contributed by atoms with Crippen LogP contribution in [0.5, 0.6) is 0 Å². The van der Waals surface area contributed by atoms with Gasteiger partial charge in [0, 0.05) is 18.2 Å². The Labute approximate surface area is 148 Å². The van der Waals surface area contributed by atoms with E-state index in [1.54, 1.807) is 18.5 Å². The quantitative estimate of drug-likeness (QED) is 0.415. The summed E-state index contributed by atoms with van der Waals surface area (Å²) in [7, 11) is 1.36. The lowest BCUT2D eigenvalue weighted by atomic mass is 10.1. The van der Waals surface area contributed by atoms with Gasteiger partial charge >= 0.3 is 5.97 Å². The molecule has 0 aliphatic heterocycles. The third-order valence-electron chi connectivity index (χ3n) is 3.52. The van der Waals surface area contributed by atoms with E-state index in [9.17, 15) is 4.79 Å². The third-order valence-corrected chi connectivity index (χ3v) is 3.52. The molecule has 0 aliphatic carbocycles. The first-order valence-corrected chi connectivity index (χ1v) is 8.36. The Morgan fingerprint density at radius 3 is 2.96 bits per heavy atom. The van der Waals surface area contributed by atoms with Crippen LogP contribution in [0.1, 0.15) is 18.9 Å². The molecule has 0 saturated carbocycles. The van der Waals surface area contributed by atoms with Gasteiger partial charge in [0.15, 0.2) is 0 Å². The number of hydrogen-bond donors (Lipinski definition) is 2. The Bertz CT molecular complexity index is 716. The van der Waals surface area contributed by atoms with Crippen LogP contribution in [0.3, 0.4) is 0 Å². The minimum atomic E-state index is -0.381. The molecule has 0 atom stereocenters. The molecule has 132 valence electrons. The van der Waals surface area contributed by atoms with E-state index in [2.05, 4.69) is 32.3 Å². The number of benzene rings is 1. The van der Waals surface area contributed by atoms with Gasteiger partial charge < -0.3 is 15.4 Å². The number of esters is 1. The van der Waals surface area contributed by atoms with Crippen LogP contribution in [-0.4, -0.2) is 42.7 Å². The molecule has 2 rings (SSSR count). The zero-order valence-corrected chi connectivity index (χ0v) is 14.7. The van der Waals surface area contributed by atoms with Gasteiger partial charge in [-0.25, -0.2) is 9.78 Å².